The van der Waals surface area contributed by atoms with Crippen molar-refractivity contribution in [3.05, 3.63) is 48.4 Å². The molecule has 0 aliphatic carbocycles. The van der Waals surface area contributed by atoms with E-state index in [1.165, 1.54) is 19.5 Å². The Labute approximate surface area is 178 Å². The molecule has 2 aromatic heterocycles. The molecule has 0 radical (unpaired) electrons. The van der Waals surface area contributed by atoms with Crippen LogP contribution in [0.3, 0.4) is 0 Å². The van der Waals surface area contributed by atoms with E-state index in [1.54, 1.807) is 37.6 Å². The zero-order valence-corrected chi connectivity index (χ0v) is 17.3. The lowest BCUT2D eigenvalue weighted by molar-refractivity contribution is 0.0367. The fraction of sp³-hybridized carbons (Fsp3) is 0.238. The van der Waals surface area contributed by atoms with Gasteiger partial charge in [0.2, 0.25) is 5.95 Å². The van der Waals surface area contributed by atoms with Crippen molar-refractivity contribution in [3.63, 3.8) is 0 Å². The van der Waals surface area contributed by atoms with Crippen molar-refractivity contribution in [1.82, 2.24) is 20.3 Å². The summed E-state index contributed by atoms with van der Waals surface area (Å²) in [5.41, 5.74) is 2.51. The van der Waals surface area contributed by atoms with Crippen LogP contribution in [0, 0.1) is 5.41 Å². The number of benzene rings is 1. The Balaban J connectivity index is 1.92. The molecule has 0 saturated carbocycles. The van der Waals surface area contributed by atoms with Crippen molar-refractivity contribution in [3.8, 4) is 5.75 Å². The Kier molecular flexibility index (Phi) is 6.58. The molecule has 0 spiro atoms. The van der Waals surface area contributed by atoms with Crippen molar-refractivity contribution in [2.45, 2.75) is 12.8 Å². The summed E-state index contributed by atoms with van der Waals surface area (Å²) >= 11 is 0. The number of halogens is 2. The first-order valence-corrected chi connectivity index (χ1v) is 9.41. The van der Waals surface area contributed by atoms with E-state index >= 15 is 0 Å². The van der Waals surface area contributed by atoms with E-state index in [9.17, 15) is 8.78 Å². The van der Waals surface area contributed by atoms with Crippen LogP contribution >= 0.6 is 0 Å². The van der Waals surface area contributed by atoms with Crippen molar-refractivity contribution in [2.75, 3.05) is 31.3 Å². The van der Waals surface area contributed by atoms with Crippen LogP contribution in [0.1, 0.15) is 12.5 Å². The molecule has 31 heavy (non-hydrogen) atoms. The van der Waals surface area contributed by atoms with E-state index in [0.29, 0.717) is 27.9 Å². The third-order valence-corrected chi connectivity index (χ3v) is 4.30. The van der Waals surface area contributed by atoms with Crippen LogP contribution in [0.15, 0.2) is 42.9 Å². The molecule has 0 amide bonds. The lowest BCUT2D eigenvalue weighted by atomic mass is 10.1. The number of nitrogens with one attached hydrogen (secondary N) is 4. The fourth-order valence-electron chi connectivity index (χ4n) is 2.84. The number of rotatable bonds is 9. The SMILES string of the molecule is CN/C=C(\C=N)c1ccc(Nc2ncc3ccnc(NCC(C)(F)F)c3n2)c(OC)c1. The van der Waals surface area contributed by atoms with Gasteiger partial charge in [0.05, 0.1) is 19.3 Å². The first-order chi connectivity index (χ1) is 14.8. The number of pyridine rings is 1. The van der Waals surface area contributed by atoms with Crippen LogP contribution < -0.4 is 20.7 Å². The Morgan fingerprint density at radius 2 is 2.06 bits per heavy atom. The van der Waals surface area contributed by atoms with Gasteiger partial charge in [0.1, 0.15) is 11.3 Å². The van der Waals surface area contributed by atoms with Gasteiger partial charge in [-0.3, -0.25) is 0 Å². The minimum atomic E-state index is -2.88. The van der Waals surface area contributed by atoms with E-state index in [4.69, 9.17) is 10.1 Å². The van der Waals surface area contributed by atoms with Gasteiger partial charge >= 0.3 is 0 Å². The van der Waals surface area contributed by atoms with Crippen LogP contribution in [0.4, 0.5) is 26.2 Å². The number of nitrogens with zero attached hydrogens (tertiary/aromatic N) is 3. The monoisotopic (exact) mass is 427 g/mol. The summed E-state index contributed by atoms with van der Waals surface area (Å²) in [4.78, 5) is 12.9. The van der Waals surface area contributed by atoms with Crippen LogP contribution in [-0.2, 0) is 0 Å². The zero-order valence-electron chi connectivity index (χ0n) is 17.3. The number of hydrogen-bond acceptors (Lipinski definition) is 8. The summed E-state index contributed by atoms with van der Waals surface area (Å²) in [5, 5.41) is 16.9. The number of methoxy groups -OCH3 is 1. The maximum absolute atomic E-state index is 13.3. The van der Waals surface area contributed by atoms with Gasteiger partial charge < -0.3 is 26.1 Å². The molecule has 3 aromatic rings. The maximum atomic E-state index is 13.3. The molecule has 2 heterocycles. The molecule has 10 heteroatoms. The quantitative estimate of drug-likeness (QED) is 0.382. The van der Waals surface area contributed by atoms with Gasteiger partial charge in [0, 0.05) is 49.7 Å². The second-order valence-corrected chi connectivity index (χ2v) is 6.79. The molecule has 1 aromatic carbocycles. The molecular formula is C21H23F2N7O. The van der Waals surface area contributed by atoms with Gasteiger partial charge in [0.15, 0.2) is 5.82 Å². The first-order valence-electron chi connectivity index (χ1n) is 9.41. The van der Waals surface area contributed by atoms with E-state index < -0.39 is 12.5 Å². The Morgan fingerprint density at radius 1 is 1.26 bits per heavy atom. The summed E-state index contributed by atoms with van der Waals surface area (Å²) in [6.45, 7) is 0.273. The third kappa shape index (κ3) is 5.41. The highest BCUT2D eigenvalue weighted by atomic mass is 19.3. The molecule has 8 nitrogen and oxygen atoms in total. The van der Waals surface area contributed by atoms with Crippen molar-refractivity contribution in [2.24, 2.45) is 0 Å². The van der Waals surface area contributed by atoms with Gasteiger partial charge in [-0.1, -0.05) is 6.07 Å². The number of alkyl halides is 2. The molecular weight excluding hydrogens is 404 g/mol. The minimum absolute atomic E-state index is 0.250. The zero-order chi connectivity index (χ0) is 22.4. The Bertz CT molecular complexity index is 1110. The summed E-state index contributed by atoms with van der Waals surface area (Å²) in [6.07, 6.45) is 6.05. The molecule has 0 atom stereocenters. The number of fused-ring (bicyclic) bond motifs is 1. The van der Waals surface area contributed by atoms with Crippen molar-refractivity contribution in [1.29, 1.82) is 5.41 Å². The number of hydrogen-bond donors (Lipinski definition) is 4. The molecule has 4 N–H and O–H groups in total. The average molecular weight is 427 g/mol. The van der Waals surface area contributed by atoms with E-state index in [1.807, 2.05) is 6.07 Å². The third-order valence-electron chi connectivity index (χ3n) is 4.30. The van der Waals surface area contributed by atoms with Gasteiger partial charge in [-0.25, -0.2) is 23.7 Å². The van der Waals surface area contributed by atoms with Crippen LogP contribution in [-0.4, -0.2) is 47.8 Å². The highest BCUT2D eigenvalue weighted by molar-refractivity contribution is 6.08. The second kappa shape index (κ2) is 9.33. The highest BCUT2D eigenvalue weighted by Crippen LogP contribution is 2.30. The number of ether oxygens (including phenoxy) is 1. The van der Waals surface area contributed by atoms with Gasteiger partial charge in [0.25, 0.3) is 5.92 Å². The molecule has 0 fully saturated rings. The Hall–Kier alpha value is -3.82. The Morgan fingerprint density at radius 3 is 2.74 bits per heavy atom. The minimum Gasteiger partial charge on any atom is -0.495 e. The van der Waals surface area contributed by atoms with E-state index in [2.05, 4.69) is 30.9 Å². The van der Waals surface area contributed by atoms with Gasteiger partial charge in [-0.05, 0) is 23.8 Å². The molecule has 3 rings (SSSR count). The van der Waals surface area contributed by atoms with Crippen LogP contribution in [0.2, 0.25) is 0 Å². The van der Waals surface area contributed by atoms with Crippen LogP contribution in [0.5, 0.6) is 5.75 Å². The van der Waals surface area contributed by atoms with Crippen molar-refractivity contribution < 1.29 is 13.5 Å². The smallest absolute Gasteiger partial charge is 0.262 e. The predicted octanol–water partition coefficient (Wildman–Crippen LogP) is 4.05. The normalized spacial score (nSPS) is 11.8. The summed E-state index contributed by atoms with van der Waals surface area (Å²) < 4.78 is 32.0. The topological polar surface area (TPSA) is 108 Å². The molecule has 0 unspecified atom stereocenters. The fourth-order valence-corrected chi connectivity index (χ4v) is 2.84. The van der Waals surface area contributed by atoms with Crippen LogP contribution in [0.25, 0.3) is 16.5 Å². The molecule has 0 aliphatic heterocycles. The number of allylic oxidation sites excluding steroid dienone is 1. The molecule has 0 bridgehead atoms. The largest absolute Gasteiger partial charge is 0.495 e. The standard InChI is InChI=1S/C21H23F2N7O/c1-21(22,23)12-28-19-18-14(6-7-26-19)11-27-20(30-18)29-16-5-4-13(8-17(16)31-3)15(9-24)10-25-2/h4-11,24-25H,12H2,1-3H3,(H,26,28)(H,27,29,30)/b15-10+,24-9?. The predicted molar refractivity (Wildman–Crippen MR) is 119 cm³/mol. The second-order valence-electron chi connectivity index (χ2n) is 6.79. The number of anilines is 3. The summed E-state index contributed by atoms with van der Waals surface area (Å²) in [6, 6.07) is 7.11. The maximum Gasteiger partial charge on any atom is 0.262 e. The lowest BCUT2D eigenvalue weighted by Gasteiger charge is -2.14. The van der Waals surface area contributed by atoms with E-state index in [0.717, 1.165) is 12.5 Å². The first kappa shape index (κ1) is 21.9. The molecule has 0 aliphatic rings. The van der Waals surface area contributed by atoms with Crippen molar-refractivity contribution >= 4 is 40.1 Å². The average Bonchev–Trinajstić information content (AvgIpc) is 2.75. The highest BCUT2D eigenvalue weighted by Gasteiger charge is 2.21. The van der Waals surface area contributed by atoms with Gasteiger partial charge in [-0.15, -0.1) is 0 Å². The van der Waals surface area contributed by atoms with E-state index in [-0.39, 0.29) is 11.8 Å². The summed E-state index contributed by atoms with van der Waals surface area (Å²) in [7, 11) is 3.29. The molecule has 162 valence electrons. The number of aromatic nitrogens is 3. The van der Waals surface area contributed by atoms with Gasteiger partial charge in [-0.2, -0.15) is 0 Å². The lowest BCUT2D eigenvalue weighted by Crippen LogP contribution is -2.23. The summed E-state index contributed by atoms with van der Waals surface area (Å²) in [5.74, 6) is -1.85. The molecule has 0 saturated heterocycles.